The van der Waals surface area contributed by atoms with Gasteiger partial charge in [0.2, 0.25) is 5.91 Å². The summed E-state index contributed by atoms with van der Waals surface area (Å²) in [4.78, 5) is 11.9. The van der Waals surface area contributed by atoms with E-state index in [0.717, 1.165) is 37.4 Å². The molecule has 0 bridgehead atoms. The van der Waals surface area contributed by atoms with Crippen LogP contribution in [0.4, 0.5) is 0 Å². The largest absolute Gasteiger partial charge is 0.496 e. The SMILES string of the molecule is COc1ccccc1CNC(=O)CC1CCOCC1. The van der Waals surface area contributed by atoms with E-state index in [1.54, 1.807) is 7.11 Å². The molecule has 0 atom stereocenters. The van der Waals surface area contributed by atoms with Crippen LogP contribution in [0.2, 0.25) is 0 Å². The number of hydrogen-bond donors (Lipinski definition) is 1. The quantitative estimate of drug-likeness (QED) is 0.885. The van der Waals surface area contributed by atoms with Crippen molar-refractivity contribution >= 4 is 5.91 Å². The zero-order valence-electron chi connectivity index (χ0n) is 11.4. The Kier molecular flexibility index (Phi) is 5.21. The summed E-state index contributed by atoms with van der Waals surface area (Å²) in [5, 5.41) is 2.96. The lowest BCUT2D eigenvalue weighted by molar-refractivity contribution is -0.122. The Morgan fingerprint density at radius 1 is 1.37 bits per heavy atom. The lowest BCUT2D eigenvalue weighted by atomic mass is 9.96. The molecule has 1 aromatic rings. The number of hydrogen-bond acceptors (Lipinski definition) is 3. The molecule has 1 fully saturated rings. The lowest BCUT2D eigenvalue weighted by Gasteiger charge is -2.21. The van der Waals surface area contributed by atoms with Gasteiger partial charge in [-0.1, -0.05) is 18.2 Å². The topological polar surface area (TPSA) is 47.6 Å². The van der Waals surface area contributed by atoms with Crippen molar-refractivity contribution in [3.8, 4) is 5.75 Å². The maximum absolute atomic E-state index is 11.9. The van der Waals surface area contributed by atoms with E-state index in [-0.39, 0.29) is 5.91 Å². The Balaban J connectivity index is 1.79. The monoisotopic (exact) mass is 263 g/mol. The molecular formula is C15H21NO3. The van der Waals surface area contributed by atoms with E-state index in [0.29, 0.717) is 18.9 Å². The minimum absolute atomic E-state index is 0.109. The minimum Gasteiger partial charge on any atom is -0.496 e. The summed E-state index contributed by atoms with van der Waals surface area (Å²) >= 11 is 0. The molecule has 4 heteroatoms. The average molecular weight is 263 g/mol. The molecule has 1 aliphatic heterocycles. The van der Waals surface area contributed by atoms with E-state index < -0.39 is 0 Å². The standard InChI is InChI=1S/C15H21NO3/c1-18-14-5-3-2-4-13(14)11-16-15(17)10-12-6-8-19-9-7-12/h2-5,12H,6-11H2,1H3,(H,16,17). The molecule has 104 valence electrons. The molecule has 4 nitrogen and oxygen atoms in total. The van der Waals surface area contributed by atoms with E-state index in [1.807, 2.05) is 24.3 Å². The maximum atomic E-state index is 11.9. The van der Waals surface area contributed by atoms with E-state index in [4.69, 9.17) is 9.47 Å². The summed E-state index contributed by atoms with van der Waals surface area (Å²) in [6, 6.07) is 7.74. The van der Waals surface area contributed by atoms with E-state index >= 15 is 0 Å². The molecule has 0 aliphatic carbocycles. The summed E-state index contributed by atoms with van der Waals surface area (Å²) in [6.45, 7) is 2.08. The first-order chi connectivity index (χ1) is 9.29. The molecular weight excluding hydrogens is 242 g/mol. The minimum atomic E-state index is 0.109. The van der Waals surface area contributed by atoms with Gasteiger partial charge in [-0.05, 0) is 24.8 Å². The Labute approximate surface area is 114 Å². The third-order valence-electron chi connectivity index (χ3n) is 3.48. The average Bonchev–Trinajstić information content (AvgIpc) is 2.46. The summed E-state index contributed by atoms with van der Waals surface area (Å²) < 4.78 is 10.6. The highest BCUT2D eigenvalue weighted by Crippen LogP contribution is 2.19. The second-order valence-electron chi connectivity index (χ2n) is 4.85. The molecule has 1 amide bonds. The van der Waals surface area contributed by atoms with Gasteiger partial charge in [0.25, 0.3) is 0 Å². The van der Waals surface area contributed by atoms with Crippen LogP contribution in [-0.4, -0.2) is 26.2 Å². The van der Waals surface area contributed by atoms with Crippen molar-refractivity contribution in [2.75, 3.05) is 20.3 Å². The van der Waals surface area contributed by atoms with Crippen molar-refractivity contribution in [3.05, 3.63) is 29.8 Å². The summed E-state index contributed by atoms with van der Waals surface area (Å²) in [5.41, 5.74) is 1.00. The van der Waals surface area contributed by atoms with Gasteiger partial charge in [0.15, 0.2) is 0 Å². The summed E-state index contributed by atoms with van der Waals surface area (Å²) in [7, 11) is 1.64. The molecule has 1 saturated heterocycles. The second kappa shape index (κ2) is 7.14. The predicted octanol–water partition coefficient (Wildman–Crippen LogP) is 2.13. The highest BCUT2D eigenvalue weighted by Gasteiger charge is 2.17. The van der Waals surface area contributed by atoms with Gasteiger partial charge in [0, 0.05) is 31.7 Å². The van der Waals surface area contributed by atoms with Crippen LogP contribution < -0.4 is 10.1 Å². The Bertz CT molecular complexity index is 414. The number of ether oxygens (including phenoxy) is 2. The van der Waals surface area contributed by atoms with Crippen molar-refractivity contribution in [3.63, 3.8) is 0 Å². The third kappa shape index (κ3) is 4.24. The fraction of sp³-hybridized carbons (Fsp3) is 0.533. The zero-order chi connectivity index (χ0) is 13.5. The number of carbonyl (C=O) groups excluding carboxylic acids is 1. The zero-order valence-corrected chi connectivity index (χ0v) is 11.4. The highest BCUT2D eigenvalue weighted by atomic mass is 16.5. The number of rotatable bonds is 5. The molecule has 19 heavy (non-hydrogen) atoms. The fourth-order valence-electron chi connectivity index (χ4n) is 2.33. The van der Waals surface area contributed by atoms with Gasteiger partial charge in [0.05, 0.1) is 7.11 Å². The second-order valence-corrected chi connectivity index (χ2v) is 4.85. The van der Waals surface area contributed by atoms with Gasteiger partial charge in [0.1, 0.15) is 5.75 Å². The molecule has 0 aromatic heterocycles. The number of amides is 1. The highest BCUT2D eigenvalue weighted by molar-refractivity contribution is 5.76. The number of nitrogens with one attached hydrogen (secondary N) is 1. The van der Waals surface area contributed by atoms with Crippen LogP contribution in [0, 0.1) is 5.92 Å². The van der Waals surface area contributed by atoms with Crippen LogP contribution in [0.3, 0.4) is 0 Å². The van der Waals surface area contributed by atoms with Gasteiger partial charge in [-0.3, -0.25) is 4.79 Å². The van der Waals surface area contributed by atoms with Gasteiger partial charge in [-0.15, -0.1) is 0 Å². The summed E-state index contributed by atoms with van der Waals surface area (Å²) in [6.07, 6.45) is 2.57. The maximum Gasteiger partial charge on any atom is 0.220 e. The van der Waals surface area contributed by atoms with Crippen molar-refractivity contribution in [1.29, 1.82) is 0 Å². The number of para-hydroxylation sites is 1. The normalized spacial score (nSPS) is 16.1. The molecule has 1 aromatic carbocycles. The lowest BCUT2D eigenvalue weighted by Crippen LogP contribution is -2.27. The molecule has 1 heterocycles. The van der Waals surface area contributed by atoms with E-state index in [2.05, 4.69) is 5.32 Å². The van der Waals surface area contributed by atoms with Crippen LogP contribution in [0.5, 0.6) is 5.75 Å². The van der Waals surface area contributed by atoms with Gasteiger partial charge < -0.3 is 14.8 Å². The summed E-state index contributed by atoms with van der Waals surface area (Å²) in [5.74, 6) is 1.39. The first kappa shape index (κ1) is 13.9. The Morgan fingerprint density at radius 3 is 2.84 bits per heavy atom. The van der Waals surface area contributed by atoms with E-state index in [9.17, 15) is 4.79 Å². The van der Waals surface area contributed by atoms with Gasteiger partial charge in [-0.2, -0.15) is 0 Å². The predicted molar refractivity (Wildman–Crippen MR) is 73.0 cm³/mol. The Morgan fingerprint density at radius 2 is 2.11 bits per heavy atom. The van der Waals surface area contributed by atoms with Crippen LogP contribution in [0.1, 0.15) is 24.8 Å². The molecule has 0 radical (unpaired) electrons. The first-order valence-corrected chi connectivity index (χ1v) is 6.76. The molecule has 0 spiro atoms. The van der Waals surface area contributed by atoms with E-state index in [1.165, 1.54) is 0 Å². The third-order valence-corrected chi connectivity index (χ3v) is 3.48. The first-order valence-electron chi connectivity index (χ1n) is 6.76. The van der Waals surface area contributed by atoms with Crippen molar-refractivity contribution in [1.82, 2.24) is 5.32 Å². The number of carbonyl (C=O) groups is 1. The van der Waals surface area contributed by atoms with Crippen LogP contribution in [0.15, 0.2) is 24.3 Å². The molecule has 0 saturated carbocycles. The van der Waals surface area contributed by atoms with Crippen LogP contribution in [0.25, 0.3) is 0 Å². The molecule has 0 unspecified atom stereocenters. The molecule has 2 rings (SSSR count). The molecule has 1 N–H and O–H groups in total. The van der Waals surface area contributed by atoms with Crippen molar-refractivity contribution in [2.24, 2.45) is 5.92 Å². The van der Waals surface area contributed by atoms with Crippen LogP contribution in [-0.2, 0) is 16.1 Å². The number of benzene rings is 1. The van der Waals surface area contributed by atoms with Gasteiger partial charge in [-0.25, -0.2) is 0 Å². The molecule has 1 aliphatic rings. The van der Waals surface area contributed by atoms with Crippen molar-refractivity contribution in [2.45, 2.75) is 25.8 Å². The van der Waals surface area contributed by atoms with Gasteiger partial charge >= 0.3 is 0 Å². The fourth-order valence-corrected chi connectivity index (χ4v) is 2.33. The smallest absolute Gasteiger partial charge is 0.220 e. The van der Waals surface area contributed by atoms with Crippen molar-refractivity contribution < 1.29 is 14.3 Å². The van der Waals surface area contributed by atoms with Crippen LogP contribution >= 0.6 is 0 Å². The Hall–Kier alpha value is -1.55. The number of methoxy groups -OCH3 is 1.